The Bertz CT molecular complexity index is 839. The molecule has 1 saturated heterocycles. The Balaban J connectivity index is 1.32. The van der Waals surface area contributed by atoms with Gasteiger partial charge in [0.1, 0.15) is 0 Å². The van der Waals surface area contributed by atoms with E-state index < -0.39 is 12.7 Å². The predicted molar refractivity (Wildman–Crippen MR) is 126 cm³/mol. The number of benzene rings is 1. The van der Waals surface area contributed by atoms with Gasteiger partial charge in [0.15, 0.2) is 0 Å². The molecule has 0 amide bonds. The SMILES string of the molecule is COCCOCCOCCOCC[C@]12OB(c3ccccc3[N+](=O)[O-])O[C@H]1C[C@H]1C[C@@H]2C1(C)C. The Morgan fingerprint density at radius 2 is 1.68 bits per heavy atom. The first-order valence-corrected chi connectivity index (χ1v) is 12.2. The van der Waals surface area contributed by atoms with Gasteiger partial charge in [0.25, 0.3) is 5.69 Å². The maximum atomic E-state index is 11.6. The number of methoxy groups -OCH3 is 1. The Hall–Kier alpha value is -1.56. The second-order valence-electron chi connectivity index (χ2n) is 9.97. The number of para-hydroxylation sites is 1. The average Bonchev–Trinajstić information content (AvgIpc) is 3.22. The van der Waals surface area contributed by atoms with Crippen LogP contribution in [0.4, 0.5) is 5.69 Å². The van der Waals surface area contributed by atoms with E-state index in [1.54, 1.807) is 25.3 Å². The summed E-state index contributed by atoms with van der Waals surface area (Å²) in [6, 6.07) is 6.70. The topological polar surface area (TPSA) is 98.5 Å². The third-order valence-electron chi connectivity index (χ3n) is 7.92. The molecule has 0 radical (unpaired) electrons. The molecule has 3 saturated carbocycles. The summed E-state index contributed by atoms with van der Waals surface area (Å²) in [5.74, 6) is 0.921. The highest BCUT2D eigenvalue weighted by Crippen LogP contribution is 2.66. The van der Waals surface area contributed by atoms with Crippen molar-refractivity contribution in [2.45, 2.75) is 44.8 Å². The number of nitro groups is 1. The van der Waals surface area contributed by atoms with Crippen LogP contribution < -0.4 is 5.46 Å². The minimum absolute atomic E-state index is 0.0347. The van der Waals surface area contributed by atoms with Crippen molar-refractivity contribution in [3.8, 4) is 0 Å². The molecule has 3 aliphatic carbocycles. The van der Waals surface area contributed by atoms with Gasteiger partial charge in [0, 0.05) is 26.2 Å². The molecule has 0 aromatic heterocycles. The van der Waals surface area contributed by atoms with Crippen LogP contribution in [0.1, 0.15) is 33.1 Å². The third kappa shape index (κ3) is 5.03. The highest BCUT2D eigenvalue weighted by atomic mass is 16.7. The molecular weight excluding hydrogens is 441 g/mol. The fraction of sp³-hybridized carbons (Fsp3) is 0.750. The maximum absolute atomic E-state index is 11.6. The summed E-state index contributed by atoms with van der Waals surface area (Å²) in [5.41, 5.74) is 0.178. The summed E-state index contributed by atoms with van der Waals surface area (Å²) in [4.78, 5) is 11.2. The first-order chi connectivity index (χ1) is 16.4. The molecule has 4 fully saturated rings. The fourth-order valence-corrected chi connectivity index (χ4v) is 5.93. The molecule has 0 N–H and O–H groups in total. The van der Waals surface area contributed by atoms with Crippen molar-refractivity contribution < 1.29 is 33.2 Å². The summed E-state index contributed by atoms with van der Waals surface area (Å²) in [6.07, 6.45) is 2.61. The minimum atomic E-state index is -0.733. The molecule has 4 atom stereocenters. The summed E-state index contributed by atoms with van der Waals surface area (Å²) >= 11 is 0. The van der Waals surface area contributed by atoms with Crippen molar-refractivity contribution in [1.82, 2.24) is 0 Å². The molecule has 188 valence electrons. The van der Waals surface area contributed by atoms with Gasteiger partial charge in [0.05, 0.1) is 61.7 Å². The summed E-state index contributed by atoms with van der Waals surface area (Å²) in [6.45, 7) is 8.30. The molecule has 34 heavy (non-hydrogen) atoms. The lowest BCUT2D eigenvalue weighted by Crippen LogP contribution is -2.67. The van der Waals surface area contributed by atoms with Crippen LogP contribution in [-0.4, -0.2) is 77.1 Å². The van der Waals surface area contributed by atoms with Crippen molar-refractivity contribution in [2.24, 2.45) is 17.3 Å². The Labute approximate surface area is 201 Å². The van der Waals surface area contributed by atoms with Gasteiger partial charge in [-0.2, -0.15) is 0 Å². The maximum Gasteiger partial charge on any atom is 0.501 e. The van der Waals surface area contributed by atoms with Crippen LogP contribution in [0, 0.1) is 27.4 Å². The molecule has 5 rings (SSSR count). The molecule has 0 unspecified atom stereocenters. The van der Waals surface area contributed by atoms with Crippen LogP contribution in [-0.2, 0) is 28.3 Å². The fourth-order valence-electron chi connectivity index (χ4n) is 5.93. The summed E-state index contributed by atoms with van der Waals surface area (Å²) in [7, 11) is 0.911. The largest absolute Gasteiger partial charge is 0.501 e. The second kappa shape index (κ2) is 11.0. The molecule has 10 heteroatoms. The molecular formula is C24H36BNO8. The summed E-state index contributed by atoms with van der Waals surface area (Å²) in [5, 5.41) is 11.6. The van der Waals surface area contributed by atoms with E-state index in [1.165, 1.54) is 6.07 Å². The number of ether oxygens (including phenoxy) is 4. The number of hydrogen-bond donors (Lipinski definition) is 0. The van der Waals surface area contributed by atoms with Crippen LogP contribution in [0.5, 0.6) is 0 Å². The number of nitrogens with zero attached hydrogens (tertiary/aromatic N) is 1. The van der Waals surface area contributed by atoms with Crippen molar-refractivity contribution in [3.05, 3.63) is 34.4 Å². The molecule has 1 aromatic rings. The molecule has 2 bridgehead atoms. The summed E-state index contributed by atoms with van der Waals surface area (Å²) < 4.78 is 34.7. The van der Waals surface area contributed by atoms with E-state index in [1.807, 2.05) is 0 Å². The molecule has 9 nitrogen and oxygen atoms in total. The third-order valence-corrected chi connectivity index (χ3v) is 7.92. The van der Waals surface area contributed by atoms with Gasteiger partial charge in [-0.1, -0.05) is 32.0 Å². The van der Waals surface area contributed by atoms with Gasteiger partial charge in [0.2, 0.25) is 0 Å². The van der Waals surface area contributed by atoms with E-state index in [4.69, 9.17) is 28.3 Å². The van der Waals surface area contributed by atoms with E-state index in [0.717, 1.165) is 12.8 Å². The zero-order chi connectivity index (χ0) is 24.2. The lowest BCUT2D eigenvalue weighted by atomic mass is 9.43. The normalized spacial score (nSPS) is 29.0. The van der Waals surface area contributed by atoms with Crippen LogP contribution >= 0.6 is 0 Å². The smallest absolute Gasteiger partial charge is 0.401 e. The highest BCUT2D eigenvalue weighted by Gasteiger charge is 2.69. The van der Waals surface area contributed by atoms with Gasteiger partial charge in [-0.3, -0.25) is 10.1 Å². The van der Waals surface area contributed by atoms with Crippen molar-refractivity contribution >= 4 is 18.3 Å². The Morgan fingerprint density at radius 3 is 2.32 bits per heavy atom. The highest BCUT2D eigenvalue weighted by molar-refractivity contribution is 6.63. The van der Waals surface area contributed by atoms with Crippen LogP contribution in [0.3, 0.4) is 0 Å². The van der Waals surface area contributed by atoms with E-state index in [0.29, 0.717) is 70.0 Å². The standard InChI is InChI=1S/C24H36BNO8/c1-23(2)18-16-21(23)24(8-9-30-12-13-32-15-14-31-11-10-29-3)22(17-18)33-25(34-24)19-6-4-5-7-20(19)26(27)28/h4-7,18,21-22H,8-17H2,1-3H3/t18-,21-,22+,24-/m1/s1. The lowest BCUT2D eigenvalue weighted by Gasteiger charge is -2.65. The predicted octanol–water partition coefficient (Wildman–Crippen LogP) is 2.60. The first kappa shape index (κ1) is 25.5. The van der Waals surface area contributed by atoms with Gasteiger partial charge in [-0.25, -0.2) is 0 Å². The van der Waals surface area contributed by atoms with Crippen LogP contribution in [0.2, 0.25) is 0 Å². The quantitative estimate of drug-likeness (QED) is 0.175. The van der Waals surface area contributed by atoms with Crippen molar-refractivity contribution in [1.29, 1.82) is 0 Å². The first-order valence-electron chi connectivity index (χ1n) is 12.2. The van der Waals surface area contributed by atoms with Crippen LogP contribution in [0.25, 0.3) is 0 Å². The monoisotopic (exact) mass is 477 g/mol. The van der Waals surface area contributed by atoms with Gasteiger partial charge in [-0.15, -0.1) is 0 Å². The zero-order valence-corrected chi connectivity index (χ0v) is 20.4. The molecule has 1 aliphatic heterocycles. The van der Waals surface area contributed by atoms with Gasteiger partial charge >= 0.3 is 7.12 Å². The van der Waals surface area contributed by atoms with Crippen molar-refractivity contribution in [3.63, 3.8) is 0 Å². The average molecular weight is 477 g/mol. The van der Waals surface area contributed by atoms with E-state index in [9.17, 15) is 10.1 Å². The molecule has 4 aliphatic rings. The number of hydrogen-bond acceptors (Lipinski definition) is 8. The molecule has 1 aromatic carbocycles. The Kier molecular flexibility index (Phi) is 8.27. The Morgan fingerprint density at radius 1 is 1.03 bits per heavy atom. The van der Waals surface area contributed by atoms with Crippen molar-refractivity contribution in [2.75, 3.05) is 53.4 Å². The van der Waals surface area contributed by atoms with Gasteiger partial charge in [-0.05, 0) is 30.1 Å². The van der Waals surface area contributed by atoms with E-state index in [-0.39, 0.29) is 22.1 Å². The number of rotatable bonds is 14. The van der Waals surface area contributed by atoms with Crippen LogP contribution in [0.15, 0.2) is 24.3 Å². The number of nitro benzene ring substituents is 1. The molecule has 1 heterocycles. The zero-order valence-electron chi connectivity index (χ0n) is 20.4. The lowest BCUT2D eigenvalue weighted by molar-refractivity contribution is -0.383. The van der Waals surface area contributed by atoms with E-state index >= 15 is 0 Å². The van der Waals surface area contributed by atoms with Gasteiger partial charge < -0.3 is 28.3 Å². The second-order valence-corrected chi connectivity index (χ2v) is 9.97. The van der Waals surface area contributed by atoms with E-state index in [2.05, 4.69) is 13.8 Å². The molecule has 0 spiro atoms. The minimum Gasteiger partial charge on any atom is -0.401 e.